The van der Waals surface area contributed by atoms with Crippen LogP contribution in [0.2, 0.25) is 0 Å². The van der Waals surface area contributed by atoms with E-state index in [0.29, 0.717) is 5.92 Å². The number of aliphatic hydroxyl groups is 1. The largest absolute Gasteiger partial charge is 0.390 e. The van der Waals surface area contributed by atoms with Crippen molar-refractivity contribution in [3.05, 3.63) is 22.4 Å². The van der Waals surface area contributed by atoms with Gasteiger partial charge >= 0.3 is 0 Å². The van der Waals surface area contributed by atoms with E-state index in [1.165, 1.54) is 37.7 Å². The highest BCUT2D eigenvalue weighted by Gasteiger charge is 2.32. The standard InChI is InChI=1S/C13H20OS/c1-13(14,9-11-7-8-15-10-11)12-5-3-2-4-6-12/h7-8,10,12,14H,2-6,9H2,1H3. The number of rotatable bonds is 3. The van der Waals surface area contributed by atoms with Crippen LogP contribution in [0.15, 0.2) is 16.8 Å². The minimum atomic E-state index is -0.499. The topological polar surface area (TPSA) is 20.2 Å². The molecule has 0 amide bonds. The van der Waals surface area contributed by atoms with Gasteiger partial charge in [0.25, 0.3) is 0 Å². The molecule has 84 valence electrons. The molecule has 0 radical (unpaired) electrons. The van der Waals surface area contributed by atoms with E-state index in [2.05, 4.69) is 16.8 Å². The molecular weight excluding hydrogens is 204 g/mol. The summed E-state index contributed by atoms with van der Waals surface area (Å²) in [5.41, 5.74) is 0.789. The van der Waals surface area contributed by atoms with Gasteiger partial charge in [-0.15, -0.1) is 0 Å². The molecule has 1 nitrogen and oxygen atoms in total. The van der Waals surface area contributed by atoms with Gasteiger partial charge in [-0.25, -0.2) is 0 Å². The fourth-order valence-corrected chi connectivity index (χ4v) is 3.34. The first-order valence-corrected chi connectivity index (χ1v) is 6.86. The van der Waals surface area contributed by atoms with Crippen molar-refractivity contribution in [3.63, 3.8) is 0 Å². The second-order valence-corrected chi connectivity index (χ2v) is 5.78. The molecule has 0 bridgehead atoms. The predicted octanol–water partition coefficient (Wildman–Crippen LogP) is 3.62. The molecule has 1 aliphatic rings. The van der Waals surface area contributed by atoms with Crippen LogP contribution in [0.3, 0.4) is 0 Å². The molecule has 1 saturated carbocycles. The van der Waals surface area contributed by atoms with Gasteiger partial charge in [0, 0.05) is 6.42 Å². The second-order valence-electron chi connectivity index (χ2n) is 5.00. The monoisotopic (exact) mass is 224 g/mol. The third kappa shape index (κ3) is 2.82. The Kier molecular flexibility index (Phi) is 3.47. The van der Waals surface area contributed by atoms with Crippen molar-refractivity contribution >= 4 is 11.3 Å². The zero-order valence-corrected chi connectivity index (χ0v) is 10.2. The summed E-state index contributed by atoms with van der Waals surface area (Å²) < 4.78 is 0. The summed E-state index contributed by atoms with van der Waals surface area (Å²) in [5.74, 6) is 0.506. The maximum Gasteiger partial charge on any atom is 0.0688 e. The molecule has 1 N–H and O–H groups in total. The summed E-state index contributed by atoms with van der Waals surface area (Å²) in [5, 5.41) is 14.8. The Hall–Kier alpha value is -0.340. The molecule has 1 unspecified atom stereocenters. The van der Waals surface area contributed by atoms with E-state index >= 15 is 0 Å². The van der Waals surface area contributed by atoms with E-state index in [9.17, 15) is 5.11 Å². The van der Waals surface area contributed by atoms with E-state index in [1.54, 1.807) is 11.3 Å². The van der Waals surface area contributed by atoms with Gasteiger partial charge < -0.3 is 5.11 Å². The minimum absolute atomic E-state index is 0.499. The number of hydrogen-bond acceptors (Lipinski definition) is 2. The Morgan fingerprint density at radius 1 is 1.40 bits per heavy atom. The van der Waals surface area contributed by atoms with Gasteiger partial charge in [0.1, 0.15) is 0 Å². The van der Waals surface area contributed by atoms with Crippen molar-refractivity contribution in [2.75, 3.05) is 0 Å². The highest BCUT2D eigenvalue weighted by molar-refractivity contribution is 7.07. The van der Waals surface area contributed by atoms with Crippen molar-refractivity contribution in [2.24, 2.45) is 5.92 Å². The Morgan fingerprint density at radius 2 is 2.13 bits per heavy atom. The summed E-state index contributed by atoms with van der Waals surface area (Å²) in [6, 6.07) is 2.13. The van der Waals surface area contributed by atoms with Gasteiger partial charge in [-0.2, -0.15) is 11.3 Å². The van der Waals surface area contributed by atoms with Crippen LogP contribution in [0.4, 0.5) is 0 Å². The summed E-state index contributed by atoms with van der Waals surface area (Å²) in [6.07, 6.45) is 7.18. The molecule has 0 saturated heterocycles. The van der Waals surface area contributed by atoms with Crippen molar-refractivity contribution in [3.8, 4) is 0 Å². The third-order valence-electron chi connectivity index (χ3n) is 3.63. The molecule has 2 rings (SSSR count). The average Bonchev–Trinajstić information content (AvgIpc) is 2.71. The quantitative estimate of drug-likeness (QED) is 0.831. The number of hydrogen-bond donors (Lipinski definition) is 1. The van der Waals surface area contributed by atoms with Crippen molar-refractivity contribution in [1.29, 1.82) is 0 Å². The lowest BCUT2D eigenvalue weighted by molar-refractivity contribution is -0.0158. The Bertz CT molecular complexity index is 283. The molecule has 1 fully saturated rings. The van der Waals surface area contributed by atoms with Gasteiger partial charge in [0.15, 0.2) is 0 Å². The third-order valence-corrected chi connectivity index (χ3v) is 4.36. The molecule has 1 aromatic heterocycles. The van der Waals surface area contributed by atoms with E-state index < -0.39 is 5.60 Å². The van der Waals surface area contributed by atoms with Crippen molar-refractivity contribution < 1.29 is 5.11 Å². The summed E-state index contributed by atoms with van der Waals surface area (Å²) in [7, 11) is 0. The average molecular weight is 224 g/mol. The van der Waals surface area contributed by atoms with Crippen molar-refractivity contribution in [2.45, 2.75) is 51.0 Å². The normalized spacial score (nSPS) is 22.5. The smallest absolute Gasteiger partial charge is 0.0688 e. The molecule has 0 spiro atoms. The van der Waals surface area contributed by atoms with Crippen LogP contribution in [0, 0.1) is 5.92 Å². The Labute approximate surface area is 96.1 Å². The van der Waals surface area contributed by atoms with Crippen LogP contribution in [0.25, 0.3) is 0 Å². The first-order chi connectivity index (χ1) is 7.18. The molecule has 0 aromatic carbocycles. The van der Waals surface area contributed by atoms with Crippen LogP contribution in [-0.2, 0) is 6.42 Å². The van der Waals surface area contributed by atoms with Crippen LogP contribution < -0.4 is 0 Å². The van der Waals surface area contributed by atoms with Crippen LogP contribution in [0.5, 0.6) is 0 Å². The van der Waals surface area contributed by atoms with E-state index in [1.807, 2.05) is 6.92 Å². The lowest BCUT2D eigenvalue weighted by Crippen LogP contribution is -2.37. The van der Waals surface area contributed by atoms with E-state index in [-0.39, 0.29) is 0 Å². The lowest BCUT2D eigenvalue weighted by atomic mass is 9.75. The fourth-order valence-electron chi connectivity index (χ4n) is 2.68. The van der Waals surface area contributed by atoms with Gasteiger partial charge in [-0.3, -0.25) is 0 Å². The zero-order chi connectivity index (χ0) is 10.7. The molecule has 15 heavy (non-hydrogen) atoms. The second kappa shape index (κ2) is 4.67. The Balaban J connectivity index is 1.98. The SMILES string of the molecule is CC(O)(Cc1ccsc1)C1CCCCC1. The Morgan fingerprint density at radius 3 is 2.73 bits per heavy atom. The van der Waals surface area contributed by atoms with E-state index in [0.717, 1.165) is 6.42 Å². The molecule has 2 heteroatoms. The zero-order valence-electron chi connectivity index (χ0n) is 9.41. The highest BCUT2D eigenvalue weighted by atomic mass is 32.1. The molecule has 0 aliphatic heterocycles. The van der Waals surface area contributed by atoms with Gasteiger partial charge in [-0.05, 0) is 48.1 Å². The maximum atomic E-state index is 10.5. The first kappa shape index (κ1) is 11.2. The molecule has 1 heterocycles. The van der Waals surface area contributed by atoms with E-state index in [4.69, 9.17) is 0 Å². The highest BCUT2D eigenvalue weighted by Crippen LogP contribution is 2.34. The van der Waals surface area contributed by atoms with Crippen LogP contribution in [-0.4, -0.2) is 10.7 Å². The van der Waals surface area contributed by atoms with Gasteiger partial charge in [0.2, 0.25) is 0 Å². The minimum Gasteiger partial charge on any atom is -0.390 e. The first-order valence-electron chi connectivity index (χ1n) is 5.92. The summed E-state index contributed by atoms with van der Waals surface area (Å²) in [6.45, 7) is 2.01. The predicted molar refractivity (Wildman–Crippen MR) is 65.2 cm³/mol. The lowest BCUT2D eigenvalue weighted by Gasteiger charge is -2.35. The molecular formula is C13H20OS. The summed E-state index contributed by atoms with van der Waals surface area (Å²) >= 11 is 1.72. The fraction of sp³-hybridized carbons (Fsp3) is 0.692. The molecule has 1 aliphatic carbocycles. The van der Waals surface area contributed by atoms with Crippen LogP contribution >= 0.6 is 11.3 Å². The van der Waals surface area contributed by atoms with Gasteiger partial charge in [0.05, 0.1) is 5.60 Å². The summed E-state index contributed by atoms with van der Waals surface area (Å²) in [4.78, 5) is 0. The molecule has 1 aromatic rings. The van der Waals surface area contributed by atoms with Crippen molar-refractivity contribution in [1.82, 2.24) is 0 Å². The number of thiophene rings is 1. The van der Waals surface area contributed by atoms with Crippen LogP contribution in [0.1, 0.15) is 44.6 Å². The maximum absolute atomic E-state index is 10.5. The van der Waals surface area contributed by atoms with Gasteiger partial charge in [-0.1, -0.05) is 19.3 Å². The molecule has 1 atom stereocenters.